The highest BCUT2D eigenvalue weighted by atomic mass is 127. The Balaban J connectivity index is 0.00000441. The van der Waals surface area contributed by atoms with Gasteiger partial charge in [0, 0.05) is 36.7 Å². The molecule has 0 radical (unpaired) electrons. The van der Waals surface area contributed by atoms with Gasteiger partial charge in [0.1, 0.15) is 0 Å². The second-order valence-electron chi connectivity index (χ2n) is 4.54. The molecular weight excluding hydrogens is 459 g/mol. The largest absolute Gasteiger partial charge is 0.356 e. The molecule has 5 nitrogen and oxygen atoms in total. The average molecular weight is 483 g/mol. The molecule has 0 saturated heterocycles. The van der Waals surface area contributed by atoms with E-state index >= 15 is 0 Å². The van der Waals surface area contributed by atoms with Crippen LogP contribution < -0.4 is 16.0 Å². The summed E-state index contributed by atoms with van der Waals surface area (Å²) in [6.07, 6.45) is 1.90. The minimum absolute atomic E-state index is 0. The summed E-state index contributed by atoms with van der Waals surface area (Å²) in [4.78, 5) is 16.0. The number of halogens is 2. The number of aliphatic imine (C=N–C) groups is 1. The van der Waals surface area contributed by atoms with Crippen molar-refractivity contribution < 1.29 is 4.79 Å². The Kier molecular flexibility index (Phi) is 12.2. The maximum atomic E-state index is 11.9. The normalized spacial score (nSPS) is 10.6. The van der Waals surface area contributed by atoms with E-state index in [1.807, 2.05) is 12.1 Å². The molecule has 1 rings (SSSR count). The lowest BCUT2D eigenvalue weighted by atomic mass is 10.2. The van der Waals surface area contributed by atoms with E-state index in [9.17, 15) is 4.79 Å². The summed E-state index contributed by atoms with van der Waals surface area (Å²) in [7, 11) is 1.75. The van der Waals surface area contributed by atoms with Crippen LogP contribution in [0.25, 0.3) is 0 Å². The molecule has 0 bridgehead atoms. The number of rotatable bonds is 7. The first kappa shape index (κ1) is 21.2. The van der Waals surface area contributed by atoms with Gasteiger partial charge in [-0.3, -0.25) is 9.79 Å². The number of carbonyl (C=O) groups is 1. The van der Waals surface area contributed by atoms with Gasteiger partial charge in [0.2, 0.25) is 0 Å². The third-order valence-corrected chi connectivity index (χ3v) is 3.33. The molecule has 22 heavy (non-hydrogen) atoms. The number of benzene rings is 1. The van der Waals surface area contributed by atoms with E-state index in [-0.39, 0.29) is 29.9 Å². The fourth-order valence-corrected chi connectivity index (χ4v) is 1.93. The molecule has 0 fully saturated rings. The Labute approximate surface area is 157 Å². The maximum Gasteiger partial charge on any atom is 0.251 e. The van der Waals surface area contributed by atoms with Gasteiger partial charge in [-0.2, -0.15) is 0 Å². The Bertz CT molecular complexity index is 465. The highest BCUT2D eigenvalue weighted by molar-refractivity contribution is 14.0. The van der Waals surface area contributed by atoms with Gasteiger partial charge in [-0.05, 0) is 37.1 Å². The first-order chi connectivity index (χ1) is 10.2. The van der Waals surface area contributed by atoms with Gasteiger partial charge in [0.15, 0.2) is 5.96 Å². The van der Waals surface area contributed by atoms with E-state index in [0.29, 0.717) is 12.1 Å². The lowest BCUT2D eigenvalue weighted by molar-refractivity contribution is 0.0953. The number of hydrogen-bond acceptors (Lipinski definition) is 2. The molecule has 0 aliphatic heterocycles. The number of hydrogen-bond donors (Lipinski definition) is 3. The SMILES string of the molecule is CCCNC(=NC)NCCCNC(=O)c1ccc(Br)cc1.I. The van der Waals surface area contributed by atoms with Crippen LogP contribution in [0.15, 0.2) is 33.7 Å². The highest BCUT2D eigenvalue weighted by Gasteiger charge is 2.03. The van der Waals surface area contributed by atoms with Crippen LogP contribution in [0.5, 0.6) is 0 Å². The first-order valence-electron chi connectivity index (χ1n) is 7.15. The van der Waals surface area contributed by atoms with Crippen LogP contribution in [0.1, 0.15) is 30.1 Å². The third-order valence-electron chi connectivity index (χ3n) is 2.80. The molecule has 0 spiro atoms. The predicted octanol–water partition coefficient (Wildman–Crippen LogP) is 2.76. The van der Waals surface area contributed by atoms with Crippen LogP contribution in [-0.4, -0.2) is 38.5 Å². The quantitative estimate of drug-likeness (QED) is 0.242. The second-order valence-corrected chi connectivity index (χ2v) is 5.46. The van der Waals surface area contributed by atoms with Gasteiger partial charge >= 0.3 is 0 Å². The number of nitrogens with zero attached hydrogens (tertiary/aromatic N) is 1. The van der Waals surface area contributed by atoms with Crippen molar-refractivity contribution in [3.8, 4) is 0 Å². The van der Waals surface area contributed by atoms with Crippen LogP contribution in [0.2, 0.25) is 0 Å². The van der Waals surface area contributed by atoms with Gasteiger partial charge in [0.05, 0.1) is 0 Å². The minimum Gasteiger partial charge on any atom is -0.356 e. The molecule has 0 aliphatic rings. The molecule has 0 saturated carbocycles. The zero-order valence-corrected chi connectivity index (χ0v) is 16.9. The van der Waals surface area contributed by atoms with E-state index in [0.717, 1.165) is 36.4 Å². The highest BCUT2D eigenvalue weighted by Crippen LogP contribution is 2.10. The first-order valence-corrected chi connectivity index (χ1v) is 7.95. The summed E-state index contributed by atoms with van der Waals surface area (Å²) in [5, 5.41) is 9.30. The maximum absolute atomic E-state index is 11.9. The zero-order chi connectivity index (χ0) is 15.5. The summed E-state index contributed by atoms with van der Waals surface area (Å²) in [5.41, 5.74) is 0.673. The lowest BCUT2D eigenvalue weighted by Gasteiger charge is -2.11. The molecular formula is C15H24BrIN4O. The topological polar surface area (TPSA) is 65.5 Å². The molecule has 124 valence electrons. The standard InChI is InChI=1S/C15H23BrN4O.HI/c1-3-9-19-15(17-2)20-11-4-10-18-14(21)12-5-7-13(16)8-6-12;/h5-8H,3-4,9-11H2,1-2H3,(H,18,21)(H2,17,19,20);1H. The van der Waals surface area contributed by atoms with Gasteiger partial charge in [-0.1, -0.05) is 22.9 Å². The minimum atomic E-state index is -0.0454. The van der Waals surface area contributed by atoms with E-state index in [2.05, 4.69) is 43.8 Å². The Morgan fingerprint density at radius 2 is 1.68 bits per heavy atom. The molecule has 1 amide bonds. The van der Waals surface area contributed by atoms with Crippen LogP contribution in [0.3, 0.4) is 0 Å². The monoisotopic (exact) mass is 482 g/mol. The fourth-order valence-electron chi connectivity index (χ4n) is 1.66. The Hall–Kier alpha value is -0.830. The number of guanidine groups is 1. The lowest BCUT2D eigenvalue weighted by Crippen LogP contribution is -2.39. The van der Waals surface area contributed by atoms with Crippen LogP contribution in [-0.2, 0) is 0 Å². The molecule has 0 heterocycles. The number of amides is 1. The van der Waals surface area contributed by atoms with Crippen LogP contribution in [0, 0.1) is 0 Å². The van der Waals surface area contributed by atoms with Gasteiger partial charge in [-0.25, -0.2) is 0 Å². The average Bonchev–Trinajstić information content (AvgIpc) is 2.50. The molecule has 0 aliphatic carbocycles. The van der Waals surface area contributed by atoms with Crippen LogP contribution >= 0.6 is 39.9 Å². The summed E-state index contributed by atoms with van der Waals surface area (Å²) in [5.74, 6) is 0.757. The number of carbonyl (C=O) groups excluding carboxylic acids is 1. The third kappa shape index (κ3) is 8.57. The van der Waals surface area contributed by atoms with Crippen molar-refractivity contribution in [3.63, 3.8) is 0 Å². The van der Waals surface area contributed by atoms with Gasteiger partial charge in [-0.15, -0.1) is 24.0 Å². The molecule has 0 unspecified atom stereocenters. The molecule has 1 aromatic rings. The van der Waals surface area contributed by atoms with Crippen molar-refractivity contribution in [2.75, 3.05) is 26.7 Å². The summed E-state index contributed by atoms with van der Waals surface area (Å²) >= 11 is 3.35. The van der Waals surface area contributed by atoms with Crippen molar-refractivity contribution in [2.24, 2.45) is 4.99 Å². The second kappa shape index (κ2) is 12.7. The van der Waals surface area contributed by atoms with E-state index in [1.165, 1.54) is 0 Å². The molecule has 0 atom stereocenters. The molecule has 7 heteroatoms. The van der Waals surface area contributed by atoms with Crippen LogP contribution in [0.4, 0.5) is 0 Å². The molecule has 3 N–H and O–H groups in total. The van der Waals surface area contributed by atoms with Crippen molar-refractivity contribution in [3.05, 3.63) is 34.3 Å². The molecule has 0 aromatic heterocycles. The fraction of sp³-hybridized carbons (Fsp3) is 0.467. The number of nitrogens with one attached hydrogen (secondary N) is 3. The Morgan fingerprint density at radius 3 is 2.27 bits per heavy atom. The van der Waals surface area contributed by atoms with Crippen molar-refractivity contribution in [2.45, 2.75) is 19.8 Å². The summed E-state index contributed by atoms with van der Waals surface area (Å²) < 4.78 is 0.967. The summed E-state index contributed by atoms with van der Waals surface area (Å²) in [6, 6.07) is 7.32. The van der Waals surface area contributed by atoms with Crippen molar-refractivity contribution in [1.82, 2.24) is 16.0 Å². The predicted molar refractivity (Wildman–Crippen MR) is 106 cm³/mol. The van der Waals surface area contributed by atoms with Crippen molar-refractivity contribution in [1.29, 1.82) is 0 Å². The van der Waals surface area contributed by atoms with Gasteiger partial charge < -0.3 is 16.0 Å². The van der Waals surface area contributed by atoms with Gasteiger partial charge in [0.25, 0.3) is 5.91 Å². The van der Waals surface area contributed by atoms with E-state index in [1.54, 1.807) is 19.2 Å². The van der Waals surface area contributed by atoms with E-state index in [4.69, 9.17) is 0 Å². The zero-order valence-electron chi connectivity index (χ0n) is 13.0. The summed E-state index contributed by atoms with van der Waals surface area (Å²) in [6.45, 7) is 4.41. The Morgan fingerprint density at radius 1 is 1.09 bits per heavy atom. The van der Waals surface area contributed by atoms with Crippen molar-refractivity contribution >= 4 is 51.8 Å². The van der Waals surface area contributed by atoms with E-state index < -0.39 is 0 Å². The smallest absolute Gasteiger partial charge is 0.251 e. The molecule has 1 aromatic carbocycles.